The number of benzene rings is 1. The van der Waals surface area contributed by atoms with Crippen LogP contribution in [0.25, 0.3) is 0 Å². The zero-order valence-corrected chi connectivity index (χ0v) is 14.7. The zero-order valence-electron chi connectivity index (χ0n) is 13.1. The SMILES string of the molecule is CC1(NC(=O)CCNS(=O)(=O)c2ccccc2F)CCS(=O)(=O)C1. The third-order valence-corrected chi connectivity index (χ3v) is 7.11. The predicted octanol–water partition coefficient (Wildman–Crippen LogP) is 0.188. The Hall–Kier alpha value is -1.52. The highest BCUT2D eigenvalue weighted by Crippen LogP contribution is 2.22. The Morgan fingerprint density at radius 1 is 1.33 bits per heavy atom. The van der Waals surface area contributed by atoms with Crippen molar-refractivity contribution in [2.75, 3.05) is 18.1 Å². The van der Waals surface area contributed by atoms with E-state index in [0.717, 1.165) is 12.1 Å². The minimum atomic E-state index is -4.05. The maximum atomic E-state index is 13.5. The van der Waals surface area contributed by atoms with Crippen LogP contribution < -0.4 is 10.0 Å². The summed E-state index contributed by atoms with van der Waals surface area (Å²) < 4.78 is 62.6. The second kappa shape index (κ2) is 6.77. The Balaban J connectivity index is 1.88. The first-order valence-electron chi connectivity index (χ1n) is 7.29. The molecule has 0 radical (unpaired) electrons. The topological polar surface area (TPSA) is 109 Å². The molecule has 1 saturated heterocycles. The van der Waals surface area contributed by atoms with Crippen molar-refractivity contribution in [3.05, 3.63) is 30.1 Å². The van der Waals surface area contributed by atoms with E-state index in [0.29, 0.717) is 6.42 Å². The van der Waals surface area contributed by atoms with E-state index < -0.39 is 42.0 Å². The summed E-state index contributed by atoms with van der Waals surface area (Å²) in [4.78, 5) is 11.4. The first-order valence-corrected chi connectivity index (χ1v) is 10.6. The molecule has 7 nitrogen and oxygen atoms in total. The van der Waals surface area contributed by atoms with Gasteiger partial charge in [-0.1, -0.05) is 12.1 Å². The van der Waals surface area contributed by atoms with Gasteiger partial charge < -0.3 is 5.32 Å². The van der Waals surface area contributed by atoms with Crippen molar-refractivity contribution >= 4 is 25.8 Å². The van der Waals surface area contributed by atoms with Gasteiger partial charge in [0.1, 0.15) is 10.7 Å². The Morgan fingerprint density at radius 2 is 2.00 bits per heavy atom. The standard InChI is InChI=1S/C14H19FN2O5S2/c1-14(7-9-23(19,20)10-14)17-13(18)6-8-16-24(21,22)12-5-3-2-4-11(12)15/h2-5,16H,6-10H2,1H3,(H,17,18). The Morgan fingerprint density at radius 3 is 2.58 bits per heavy atom. The molecule has 1 fully saturated rings. The minimum Gasteiger partial charge on any atom is -0.350 e. The van der Waals surface area contributed by atoms with Crippen molar-refractivity contribution in [1.82, 2.24) is 10.0 Å². The van der Waals surface area contributed by atoms with Crippen LogP contribution in [-0.2, 0) is 24.7 Å². The lowest BCUT2D eigenvalue weighted by atomic mass is 10.0. The smallest absolute Gasteiger partial charge is 0.243 e. The number of amides is 1. The average Bonchev–Trinajstić information content (AvgIpc) is 2.72. The van der Waals surface area contributed by atoms with Crippen molar-refractivity contribution in [2.24, 2.45) is 0 Å². The van der Waals surface area contributed by atoms with Crippen molar-refractivity contribution in [1.29, 1.82) is 0 Å². The molecule has 2 N–H and O–H groups in total. The molecule has 24 heavy (non-hydrogen) atoms. The van der Waals surface area contributed by atoms with E-state index in [1.165, 1.54) is 12.1 Å². The first kappa shape index (κ1) is 18.8. The Kier molecular flexibility index (Phi) is 5.31. The van der Waals surface area contributed by atoms with Gasteiger partial charge >= 0.3 is 0 Å². The zero-order chi connectivity index (χ0) is 18.0. The van der Waals surface area contributed by atoms with Gasteiger partial charge in [-0.3, -0.25) is 4.79 Å². The molecule has 1 atom stereocenters. The van der Waals surface area contributed by atoms with E-state index in [4.69, 9.17) is 0 Å². The molecule has 1 aliphatic rings. The van der Waals surface area contributed by atoms with E-state index in [1.807, 2.05) is 0 Å². The van der Waals surface area contributed by atoms with Crippen LogP contribution in [0, 0.1) is 5.82 Å². The second-order valence-corrected chi connectivity index (χ2v) is 9.95. The predicted molar refractivity (Wildman–Crippen MR) is 86.0 cm³/mol. The number of sulfonamides is 1. The van der Waals surface area contributed by atoms with Gasteiger partial charge in [0.05, 0.1) is 17.0 Å². The van der Waals surface area contributed by atoms with Crippen molar-refractivity contribution < 1.29 is 26.0 Å². The normalized spacial score (nSPS) is 23.1. The van der Waals surface area contributed by atoms with Crippen molar-refractivity contribution in [3.63, 3.8) is 0 Å². The average molecular weight is 378 g/mol. The molecule has 10 heteroatoms. The third-order valence-electron chi connectivity index (χ3n) is 3.71. The van der Waals surface area contributed by atoms with Crippen LogP contribution in [0.2, 0.25) is 0 Å². The van der Waals surface area contributed by atoms with Crippen molar-refractivity contribution in [2.45, 2.75) is 30.2 Å². The molecule has 0 spiro atoms. The summed E-state index contributed by atoms with van der Waals surface area (Å²) in [6.45, 7) is 1.42. The summed E-state index contributed by atoms with van der Waals surface area (Å²) in [5, 5.41) is 2.62. The fraction of sp³-hybridized carbons (Fsp3) is 0.500. The molecule has 1 heterocycles. The number of carbonyl (C=O) groups is 1. The van der Waals surface area contributed by atoms with E-state index >= 15 is 0 Å². The van der Waals surface area contributed by atoms with E-state index in [2.05, 4.69) is 10.0 Å². The molecule has 0 aromatic heterocycles. The number of hydrogen-bond acceptors (Lipinski definition) is 5. The van der Waals surface area contributed by atoms with E-state index in [9.17, 15) is 26.0 Å². The summed E-state index contributed by atoms with van der Waals surface area (Å²) >= 11 is 0. The van der Waals surface area contributed by atoms with E-state index in [1.54, 1.807) is 6.92 Å². The van der Waals surface area contributed by atoms with Crippen LogP contribution in [-0.4, -0.2) is 46.3 Å². The third kappa shape index (κ3) is 4.74. The molecule has 1 aromatic rings. The molecule has 1 amide bonds. The van der Waals surface area contributed by atoms with Gasteiger partial charge in [0.25, 0.3) is 0 Å². The maximum Gasteiger partial charge on any atom is 0.243 e. The number of carbonyl (C=O) groups excluding carboxylic acids is 1. The van der Waals surface area contributed by atoms with Crippen LogP contribution in [0.15, 0.2) is 29.2 Å². The van der Waals surface area contributed by atoms with Gasteiger partial charge in [0.2, 0.25) is 15.9 Å². The summed E-state index contributed by atoms with van der Waals surface area (Å²) in [6, 6.07) is 4.93. The number of nitrogens with one attached hydrogen (secondary N) is 2. The van der Waals surface area contributed by atoms with Crippen LogP contribution in [0.1, 0.15) is 19.8 Å². The van der Waals surface area contributed by atoms with Crippen LogP contribution in [0.4, 0.5) is 4.39 Å². The van der Waals surface area contributed by atoms with E-state index in [-0.39, 0.29) is 24.5 Å². The molecule has 2 rings (SSSR count). The molecule has 1 unspecified atom stereocenters. The van der Waals surface area contributed by atoms with Gasteiger partial charge in [0.15, 0.2) is 9.84 Å². The van der Waals surface area contributed by atoms with Gasteiger partial charge in [-0.2, -0.15) is 0 Å². The second-order valence-electron chi connectivity index (χ2n) is 6.03. The molecule has 134 valence electrons. The van der Waals surface area contributed by atoms with Gasteiger partial charge in [-0.25, -0.2) is 25.9 Å². The van der Waals surface area contributed by atoms with Crippen LogP contribution >= 0.6 is 0 Å². The first-order chi connectivity index (χ1) is 11.0. The number of halogens is 1. The fourth-order valence-electron chi connectivity index (χ4n) is 2.55. The highest BCUT2D eigenvalue weighted by molar-refractivity contribution is 7.91. The number of sulfone groups is 1. The monoisotopic (exact) mass is 378 g/mol. The molecular formula is C14H19FN2O5S2. The molecular weight excluding hydrogens is 359 g/mol. The summed E-state index contributed by atoms with van der Waals surface area (Å²) in [7, 11) is -7.20. The number of hydrogen-bond donors (Lipinski definition) is 2. The molecule has 1 aromatic carbocycles. The molecule has 0 bridgehead atoms. The van der Waals surface area contributed by atoms with Crippen LogP contribution in [0.5, 0.6) is 0 Å². The Bertz CT molecular complexity index is 838. The molecule has 0 aliphatic carbocycles. The lowest BCUT2D eigenvalue weighted by Crippen LogP contribution is -2.47. The van der Waals surface area contributed by atoms with Gasteiger partial charge in [0, 0.05) is 13.0 Å². The maximum absolute atomic E-state index is 13.5. The number of rotatable bonds is 6. The quantitative estimate of drug-likeness (QED) is 0.734. The van der Waals surface area contributed by atoms with Gasteiger partial charge in [-0.05, 0) is 25.5 Å². The lowest BCUT2D eigenvalue weighted by Gasteiger charge is -2.23. The van der Waals surface area contributed by atoms with Crippen LogP contribution in [0.3, 0.4) is 0 Å². The molecule has 0 saturated carbocycles. The Labute approximate surface area is 140 Å². The summed E-state index contributed by atoms with van der Waals surface area (Å²) in [5.74, 6) is -1.46. The highest BCUT2D eigenvalue weighted by Gasteiger charge is 2.39. The van der Waals surface area contributed by atoms with Crippen molar-refractivity contribution in [3.8, 4) is 0 Å². The largest absolute Gasteiger partial charge is 0.350 e. The van der Waals surface area contributed by atoms with Gasteiger partial charge in [-0.15, -0.1) is 0 Å². The fourth-order valence-corrected chi connectivity index (χ4v) is 5.75. The molecule has 1 aliphatic heterocycles. The highest BCUT2D eigenvalue weighted by atomic mass is 32.2. The summed E-state index contributed by atoms with van der Waals surface area (Å²) in [5.41, 5.74) is -0.833. The summed E-state index contributed by atoms with van der Waals surface area (Å²) in [6.07, 6.45) is 0.144. The minimum absolute atomic E-state index is 0.0176. The lowest BCUT2D eigenvalue weighted by molar-refractivity contribution is -0.122.